The number of rotatable bonds is 6. The van der Waals surface area contributed by atoms with Gasteiger partial charge >= 0.3 is 0 Å². The molecule has 27 heavy (non-hydrogen) atoms. The van der Waals surface area contributed by atoms with Gasteiger partial charge in [0.1, 0.15) is 17.8 Å². The van der Waals surface area contributed by atoms with E-state index in [1.807, 2.05) is 53.4 Å². The molecule has 1 heterocycles. The average molecular weight is 359 g/mol. The van der Waals surface area contributed by atoms with E-state index < -0.39 is 0 Å². The Morgan fingerprint density at radius 3 is 2.44 bits per heavy atom. The van der Waals surface area contributed by atoms with Gasteiger partial charge < -0.3 is 14.8 Å². The number of benzene rings is 3. The second-order valence-electron chi connectivity index (χ2n) is 6.16. The number of hydrogen-bond donors (Lipinski definition) is 1. The van der Waals surface area contributed by atoms with Crippen molar-refractivity contribution in [3.05, 3.63) is 78.6 Å². The van der Waals surface area contributed by atoms with Crippen molar-refractivity contribution in [3.63, 3.8) is 0 Å². The first-order valence-corrected chi connectivity index (χ1v) is 8.76. The smallest absolute Gasteiger partial charge is 0.142 e. The summed E-state index contributed by atoms with van der Waals surface area (Å²) in [5.74, 6) is 1.70. The number of hydrogen-bond acceptors (Lipinski definition) is 4. The predicted octanol–water partition coefficient (Wildman–Crippen LogP) is 4.65. The number of imidazole rings is 1. The second-order valence-corrected chi connectivity index (χ2v) is 6.16. The molecule has 0 atom stereocenters. The summed E-state index contributed by atoms with van der Waals surface area (Å²) in [7, 11) is 3.37. The number of anilines is 1. The van der Waals surface area contributed by atoms with E-state index in [1.54, 1.807) is 14.2 Å². The summed E-state index contributed by atoms with van der Waals surface area (Å²) >= 11 is 0. The Labute approximate surface area is 158 Å². The van der Waals surface area contributed by atoms with E-state index in [4.69, 9.17) is 9.47 Å². The molecule has 0 unspecified atom stereocenters. The molecule has 0 bridgehead atoms. The van der Waals surface area contributed by atoms with Gasteiger partial charge in [0.15, 0.2) is 0 Å². The number of aromatic nitrogens is 2. The van der Waals surface area contributed by atoms with Crippen LogP contribution in [-0.4, -0.2) is 23.8 Å². The Bertz CT molecular complexity index is 1070. The Balaban J connectivity index is 1.61. The fraction of sp³-hybridized carbons (Fsp3) is 0.136. The van der Waals surface area contributed by atoms with E-state index >= 15 is 0 Å². The van der Waals surface area contributed by atoms with Crippen LogP contribution in [0.5, 0.6) is 11.5 Å². The van der Waals surface area contributed by atoms with Crippen LogP contribution in [0, 0.1) is 0 Å². The highest BCUT2D eigenvalue weighted by molar-refractivity contribution is 5.81. The maximum absolute atomic E-state index is 5.48. The fourth-order valence-electron chi connectivity index (χ4n) is 3.19. The molecule has 0 fully saturated rings. The Kier molecular flexibility index (Phi) is 4.66. The Hall–Kier alpha value is -3.47. The Morgan fingerprint density at radius 1 is 0.889 bits per heavy atom. The molecule has 0 spiro atoms. The largest absolute Gasteiger partial charge is 0.496 e. The van der Waals surface area contributed by atoms with E-state index in [0.29, 0.717) is 6.54 Å². The summed E-state index contributed by atoms with van der Waals surface area (Å²) in [4.78, 5) is 4.56. The molecule has 0 saturated carbocycles. The first-order valence-electron chi connectivity index (χ1n) is 8.76. The molecule has 0 radical (unpaired) electrons. The SMILES string of the molecule is COc1ccccc1CNc1ccc2c(c1)ncn2-c1ccccc1OC. The Morgan fingerprint density at radius 2 is 1.63 bits per heavy atom. The lowest BCUT2D eigenvalue weighted by Gasteiger charge is -2.11. The lowest BCUT2D eigenvalue weighted by atomic mass is 10.2. The van der Waals surface area contributed by atoms with E-state index in [0.717, 1.165) is 39.5 Å². The van der Waals surface area contributed by atoms with Gasteiger partial charge in [-0.3, -0.25) is 4.57 Å². The summed E-state index contributed by atoms with van der Waals surface area (Å²) in [6.45, 7) is 0.683. The minimum absolute atomic E-state index is 0.683. The van der Waals surface area contributed by atoms with Crippen molar-refractivity contribution in [3.8, 4) is 17.2 Å². The minimum Gasteiger partial charge on any atom is -0.496 e. The first kappa shape index (κ1) is 17.0. The fourth-order valence-corrected chi connectivity index (χ4v) is 3.19. The van der Waals surface area contributed by atoms with E-state index in [9.17, 15) is 0 Å². The normalized spacial score (nSPS) is 10.7. The summed E-state index contributed by atoms with van der Waals surface area (Å²) in [6.07, 6.45) is 1.83. The number of nitrogens with zero attached hydrogens (tertiary/aromatic N) is 2. The van der Waals surface area contributed by atoms with Gasteiger partial charge in [-0.05, 0) is 36.4 Å². The molecule has 1 N–H and O–H groups in total. The monoisotopic (exact) mass is 359 g/mol. The zero-order chi connectivity index (χ0) is 18.6. The van der Waals surface area contributed by atoms with Crippen LogP contribution in [0.1, 0.15) is 5.56 Å². The maximum Gasteiger partial charge on any atom is 0.142 e. The minimum atomic E-state index is 0.683. The first-order chi connectivity index (χ1) is 13.3. The zero-order valence-electron chi connectivity index (χ0n) is 15.3. The van der Waals surface area contributed by atoms with Gasteiger partial charge in [-0.25, -0.2) is 4.98 Å². The maximum atomic E-state index is 5.48. The highest BCUT2D eigenvalue weighted by Gasteiger charge is 2.10. The lowest BCUT2D eigenvalue weighted by molar-refractivity contribution is 0.410. The van der Waals surface area contributed by atoms with Gasteiger partial charge in [0.05, 0.1) is 30.9 Å². The molecule has 0 amide bonds. The number of methoxy groups -OCH3 is 2. The summed E-state index contributed by atoms with van der Waals surface area (Å²) < 4.78 is 12.9. The van der Waals surface area contributed by atoms with Crippen molar-refractivity contribution < 1.29 is 9.47 Å². The highest BCUT2D eigenvalue weighted by Crippen LogP contribution is 2.27. The van der Waals surface area contributed by atoms with Crippen molar-refractivity contribution in [1.29, 1.82) is 0 Å². The molecule has 3 aromatic carbocycles. The van der Waals surface area contributed by atoms with Gasteiger partial charge in [0.25, 0.3) is 0 Å². The van der Waals surface area contributed by atoms with Crippen LogP contribution in [0.25, 0.3) is 16.7 Å². The topological polar surface area (TPSA) is 48.3 Å². The molecule has 0 aliphatic carbocycles. The number of ether oxygens (including phenoxy) is 2. The molecule has 5 heteroatoms. The number of para-hydroxylation sites is 3. The summed E-state index contributed by atoms with van der Waals surface area (Å²) in [6, 6.07) is 22.1. The molecule has 0 saturated heterocycles. The number of fused-ring (bicyclic) bond motifs is 1. The van der Waals surface area contributed by atoms with Crippen molar-refractivity contribution in [2.24, 2.45) is 0 Å². The molecule has 4 aromatic rings. The van der Waals surface area contributed by atoms with E-state index in [1.165, 1.54) is 0 Å². The van der Waals surface area contributed by atoms with E-state index in [2.05, 4.69) is 34.6 Å². The lowest BCUT2D eigenvalue weighted by Crippen LogP contribution is -2.01. The summed E-state index contributed by atoms with van der Waals surface area (Å²) in [5, 5.41) is 3.45. The zero-order valence-corrected chi connectivity index (χ0v) is 15.3. The predicted molar refractivity (Wildman–Crippen MR) is 108 cm³/mol. The molecule has 4 rings (SSSR count). The third-order valence-corrected chi connectivity index (χ3v) is 4.57. The number of nitrogens with one attached hydrogen (secondary N) is 1. The summed E-state index contributed by atoms with van der Waals surface area (Å²) in [5.41, 5.74) is 5.05. The van der Waals surface area contributed by atoms with Crippen LogP contribution in [0.4, 0.5) is 5.69 Å². The van der Waals surface area contributed by atoms with Gasteiger partial charge in [-0.2, -0.15) is 0 Å². The third kappa shape index (κ3) is 3.31. The van der Waals surface area contributed by atoms with Crippen molar-refractivity contribution >= 4 is 16.7 Å². The van der Waals surface area contributed by atoms with Crippen LogP contribution in [0.15, 0.2) is 73.1 Å². The molecular formula is C22H21N3O2. The van der Waals surface area contributed by atoms with Gasteiger partial charge in [0.2, 0.25) is 0 Å². The second kappa shape index (κ2) is 7.41. The highest BCUT2D eigenvalue weighted by atomic mass is 16.5. The quantitative estimate of drug-likeness (QED) is 0.544. The van der Waals surface area contributed by atoms with Gasteiger partial charge in [-0.15, -0.1) is 0 Å². The molecule has 0 aliphatic rings. The van der Waals surface area contributed by atoms with Crippen LogP contribution >= 0.6 is 0 Å². The van der Waals surface area contributed by atoms with Gasteiger partial charge in [0, 0.05) is 17.8 Å². The van der Waals surface area contributed by atoms with E-state index in [-0.39, 0.29) is 0 Å². The molecule has 1 aromatic heterocycles. The molecular weight excluding hydrogens is 338 g/mol. The molecule has 0 aliphatic heterocycles. The van der Waals surface area contributed by atoms with Crippen LogP contribution < -0.4 is 14.8 Å². The van der Waals surface area contributed by atoms with Crippen LogP contribution in [0.3, 0.4) is 0 Å². The molecule has 136 valence electrons. The molecule has 5 nitrogen and oxygen atoms in total. The average Bonchev–Trinajstić information content (AvgIpc) is 3.15. The van der Waals surface area contributed by atoms with Crippen molar-refractivity contribution in [2.75, 3.05) is 19.5 Å². The van der Waals surface area contributed by atoms with Crippen molar-refractivity contribution in [1.82, 2.24) is 9.55 Å². The third-order valence-electron chi connectivity index (χ3n) is 4.57. The standard InChI is InChI=1S/C22H21N3O2/c1-26-21-9-5-3-7-16(21)14-23-17-11-12-19-18(13-17)24-15-25(19)20-8-4-6-10-22(20)27-2/h3-13,15,23H,14H2,1-2H3. The van der Waals surface area contributed by atoms with Crippen LogP contribution in [-0.2, 0) is 6.54 Å². The van der Waals surface area contributed by atoms with Gasteiger partial charge in [-0.1, -0.05) is 30.3 Å². The van der Waals surface area contributed by atoms with Crippen LogP contribution in [0.2, 0.25) is 0 Å². The van der Waals surface area contributed by atoms with Crippen molar-refractivity contribution in [2.45, 2.75) is 6.54 Å².